The third kappa shape index (κ3) is 5.19. The van der Waals surface area contributed by atoms with Crippen LogP contribution in [0.2, 0.25) is 0 Å². The standard InChI is InChI=1S/C18H21BrFNO3/c1-22-8-7-21-11-13-9-15(19)18(17(10-13)23-2)24-12-14-5-3-4-6-16(14)20/h3-6,9-10,21H,7-8,11-12H2,1-2H3. The molecule has 0 aliphatic rings. The molecule has 0 aliphatic heterocycles. The van der Waals surface area contributed by atoms with E-state index >= 15 is 0 Å². The molecule has 0 unspecified atom stereocenters. The fraction of sp³-hybridized carbons (Fsp3) is 0.333. The number of hydrogen-bond acceptors (Lipinski definition) is 4. The number of ether oxygens (including phenoxy) is 3. The van der Waals surface area contributed by atoms with Gasteiger partial charge in [0.2, 0.25) is 0 Å². The Morgan fingerprint density at radius 3 is 2.67 bits per heavy atom. The van der Waals surface area contributed by atoms with E-state index in [1.54, 1.807) is 32.4 Å². The fourth-order valence-corrected chi connectivity index (χ4v) is 2.79. The highest BCUT2D eigenvalue weighted by Crippen LogP contribution is 2.37. The number of benzene rings is 2. The molecular formula is C18H21BrFNO3. The highest BCUT2D eigenvalue weighted by molar-refractivity contribution is 9.10. The van der Waals surface area contributed by atoms with Gasteiger partial charge in [-0.15, -0.1) is 0 Å². The largest absolute Gasteiger partial charge is 0.493 e. The second-order valence-corrected chi connectivity index (χ2v) is 6.01. The van der Waals surface area contributed by atoms with Gasteiger partial charge in [0.15, 0.2) is 11.5 Å². The van der Waals surface area contributed by atoms with Crippen molar-refractivity contribution in [2.45, 2.75) is 13.2 Å². The van der Waals surface area contributed by atoms with Crippen molar-refractivity contribution in [3.05, 3.63) is 57.8 Å². The van der Waals surface area contributed by atoms with Crippen LogP contribution in [0.1, 0.15) is 11.1 Å². The molecule has 0 spiro atoms. The lowest BCUT2D eigenvalue weighted by Crippen LogP contribution is -2.18. The lowest BCUT2D eigenvalue weighted by Gasteiger charge is -2.15. The van der Waals surface area contributed by atoms with Crippen LogP contribution in [0.3, 0.4) is 0 Å². The SMILES string of the molecule is COCCNCc1cc(Br)c(OCc2ccccc2F)c(OC)c1. The maximum Gasteiger partial charge on any atom is 0.175 e. The average Bonchev–Trinajstić information content (AvgIpc) is 2.58. The Morgan fingerprint density at radius 2 is 1.96 bits per heavy atom. The van der Waals surface area contributed by atoms with Crippen LogP contribution in [-0.4, -0.2) is 27.4 Å². The summed E-state index contributed by atoms with van der Waals surface area (Å²) in [4.78, 5) is 0. The third-order valence-electron chi connectivity index (χ3n) is 3.43. The first-order chi connectivity index (χ1) is 11.7. The van der Waals surface area contributed by atoms with Gasteiger partial charge in [-0.1, -0.05) is 18.2 Å². The molecule has 6 heteroatoms. The van der Waals surface area contributed by atoms with E-state index in [2.05, 4.69) is 21.2 Å². The molecule has 0 aromatic heterocycles. The Morgan fingerprint density at radius 1 is 1.17 bits per heavy atom. The second kappa shape index (κ2) is 9.61. The Balaban J connectivity index is 2.08. The van der Waals surface area contributed by atoms with Crippen molar-refractivity contribution in [3.63, 3.8) is 0 Å². The molecule has 0 fully saturated rings. The molecule has 0 radical (unpaired) electrons. The molecule has 2 rings (SSSR count). The fourth-order valence-electron chi connectivity index (χ4n) is 2.19. The van der Waals surface area contributed by atoms with Gasteiger partial charge < -0.3 is 19.5 Å². The normalized spacial score (nSPS) is 10.7. The molecule has 0 atom stereocenters. The van der Waals surface area contributed by atoms with Crippen LogP contribution in [0.4, 0.5) is 4.39 Å². The van der Waals surface area contributed by atoms with Crippen molar-refractivity contribution in [1.82, 2.24) is 5.32 Å². The summed E-state index contributed by atoms with van der Waals surface area (Å²) < 4.78 is 30.7. The highest BCUT2D eigenvalue weighted by atomic mass is 79.9. The number of halogens is 2. The zero-order valence-corrected chi connectivity index (χ0v) is 15.4. The Hall–Kier alpha value is -1.63. The van der Waals surface area contributed by atoms with E-state index in [-0.39, 0.29) is 12.4 Å². The minimum absolute atomic E-state index is 0.132. The predicted molar refractivity (Wildman–Crippen MR) is 95.0 cm³/mol. The van der Waals surface area contributed by atoms with Gasteiger partial charge in [0, 0.05) is 25.8 Å². The van der Waals surface area contributed by atoms with Crippen LogP contribution in [-0.2, 0) is 17.9 Å². The van der Waals surface area contributed by atoms with Crippen LogP contribution in [0.15, 0.2) is 40.9 Å². The smallest absolute Gasteiger partial charge is 0.175 e. The van der Waals surface area contributed by atoms with E-state index in [4.69, 9.17) is 14.2 Å². The zero-order chi connectivity index (χ0) is 17.4. The average molecular weight is 398 g/mol. The monoisotopic (exact) mass is 397 g/mol. The predicted octanol–water partition coefficient (Wildman–Crippen LogP) is 3.91. The van der Waals surface area contributed by atoms with Crippen molar-refractivity contribution < 1.29 is 18.6 Å². The molecule has 2 aromatic carbocycles. The van der Waals surface area contributed by atoms with Gasteiger partial charge in [-0.25, -0.2) is 4.39 Å². The van der Waals surface area contributed by atoms with Crippen LogP contribution in [0.5, 0.6) is 11.5 Å². The van der Waals surface area contributed by atoms with Crippen LogP contribution in [0, 0.1) is 5.82 Å². The van der Waals surface area contributed by atoms with Crippen molar-refractivity contribution in [3.8, 4) is 11.5 Å². The van der Waals surface area contributed by atoms with Gasteiger partial charge >= 0.3 is 0 Å². The van der Waals surface area contributed by atoms with Gasteiger partial charge in [-0.05, 0) is 39.7 Å². The van der Waals surface area contributed by atoms with E-state index in [1.807, 2.05) is 12.1 Å². The number of hydrogen-bond donors (Lipinski definition) is 1. The molecule has 0 aliphatic carbocycles. The highest BCUT2D eigenvalue weighted by Gasteiger charge is 2.13. The minimum Gasteiger partial charge on any atom is -0.493 e. The molecule has 1 N–H and O–H groups in total. The zero-order valence-electron chi connectivity index (χ0n) is 13.8. The van der Waals surface area contributed by atoms with Crippen LogP contribution >= 0.6 is 15.9 Å². The summed E-state index contributed by atoms with van der Waals surface area (Å²) in [6, 6.07) is 10.4. The summed E-state index contributed by atoms with van der Waals surface area (Å²) in [5, 5.41) is 3.27. The lowest BCUT2D eigenvalue weighted by molar-refractivity contribution is 0.199. The third-order valence-corrected chi connectivity index (χ3v) is 4.02. The molecule has 130 valence electrons. The van der Waals surface area contributed by atoms with E-state index in [1.165, 1.54) is 6.07 Å². The molecule has 0 amide bonds. The molecule has 0 heterocycles. The molecular weight excluding hydrogens is 377 g/mol. The van der Waals surface area contributed by atoms with Gasteiger partial charge in [-0.2, -0.15) is 0 Å². The number of rotatable bonds is 9. The summed E-state index contributed by atoms with van der Waals surface area (Å²) in [6.45, 7) is 2.24. The number of methoxy groups -OCH3 is 2. The van der Waals surface area contributed by atoms with E-state index < -0.39 is 0 Å². The van der Waals surface area contributed by atoms with Crippen LogP contribution in [0.25, 0.3) is 0 Å². The lowest BCUT2D eigenvalue weighted by atomic mass is 10.2. The first-order valence-electron chi connectivity index (χ1n) is 7.58. The second-order valence-electron chi connectivity index (χ2n) is 5.16. The van der Waals surface area contributed by atoms with Crippen molar-refractivity contribution in [2.75, 3.05) is 27.4 Å². The van der Waals surface area contributed by atoms with E-state index in [9.17, 15) is 4.39 Å². The Bertz CT molecular complexity index is 667. The first-order valence-corrected chi connectivity index (χ1v) is 8.37. The van der Waals surface area contributed by atoms with Crippen molar-refractivity contribution in [1.29, 1.82) is 0 Å². The summed E-state index contributed by atoms with van der Waals surface area (Å²) in [5.41, 5.74) is 1.55. The molecule has 2 aromatic rings. The van der Waals surface area contributed by atoms with Crippen LogP contribution < -0.4 is 14.8 Å². The molecule has 0 saturated heterocycles. The first kappa shape index (κ1) is 18.7. The summed E-state index contributed by atoms with van der Waals surface area (Å²) in [7, 11) is 3.25. The van der Waals surface area contributed by atoms with Crippen molar-refractivity contribution in [2.24, 2.45) is 0 Å². The summed E-state index contributed by atoms with van der Waals surface area (Å²) in [5.74, 6) is 0.872. The minimum atomic E-state index is -0.286. The molecule has 4 nitrogen and oxygen atoms in total. The summed E-state index contributed by atoms with van der Waals surface area (Å²) in [6.07, 6.45) is 0. The maximum absolute atomic E-state index is 13.7. The number of nitrogens with one attached hydrogen (secondary N) is 1. The van der Waals surface area contributed by atoms with Gasteiger partial charge in [0.05, 0.1) is 18.2 Å². The Kier molecular flexibility index (Phi) is 7.49. The van der Waals surface area contributed by atoms with Gasteiger partial charge in [0.25, 0.3) is 0 Å². The molecule has 24 heavy (non-hydrogen) atoms. The Labute approximate surface area is 150 Å². The van der Waals surface area contributed by atoms with Crippen molar-refractivity contribution >= 4 is 15.9 Å². The maximum atomic E-state index is 13.7. The molecule has 0 saturated carbocycles. The van der Waals surface area contributed by atoms with Gasteiger partial charge in [-0.3, -0.25) is 0 Å². The summed E-state index contributed by atoms with van der Waals surface area (Å²) >= 11 is 3.50. The quantitative estimate of drug-likeness (QED) is 0.651. The topological polar surface area (TPSA) is 39.7 Å². The van der Waals surface area contributed by atoms with E-state index in [0.29, 0.717) is 30.2 Å². The van der Waals surface area contributed by atoms with Gasteiger partial charge in [0.1, 0.15) is 12.4 Å². The molecule has 0 bridgehead atoms. The van der Waals surface area contributed by atoms with E-state index in [0.717, 1.165) is 16.6 Å².